The molecule has 0 spiro atoms. The molecule has 12 rings (SSSR count). The Bertz CT molecular complexity index is 3490. The number of benzene rings is 9. The fraction of sp³-hybridized carbons (Fsp3) is 0.0189. The molecule has 0 amide bonds. The van der Waals surface area contributed by atoms with Crippen LogP contribution >= 0.6 is 11.3 Å². The summed E-state index contributed by atoms with van der Waals surface area (Å²) < 4.78 is 9.47. The SMILES string of the molecule is c1ccc(-c2ccc(C3=NC(c4cccc5oc6c(-c7cc8sc9ccccc9c8c8ccccc78)cccc6c45)N=C(c4ccc5ccccc5c4)N3)cc2)cc1. The first-order valence-electron chi connectivity index (χ1n) is 19.6. The van der Waals surface area contributed by atoms with E-state index >= 15 is 0 Å². The monoisotopic (exact) mass is 759 g/mol. The smallest absolute Gasteiger partial charge is 0.170 e. The minimum absolute atomic E-state index is 0.518. The average Bonchev–Trinajstić information content (AvgIpc) is 3.88. The van der Waals surface area contributed by atoms with Gasteiger partial charge in [-0.2, -0.15) is 0 Å². The van der Waals surface area contributed by atoms with E-state index < -0.39 is 6.17 Å². The lowest BCUT2D eigenvalue weighted by Crippen LogP contribution is -2.36. The van der Waals surface area contributed by atoms with Crippen molar-refractivity contribution in [1.82, 2.24) is 5.32 Å². The second-order valence-corrected chi connectivity index (χ2v) is 16.0. The molecule has 1 aliphatic heterocycles. The molecule has 0 radical (unpaired) electrons. The van der Waals surface area contributed by atoms with Gasteiger partial charge in [0.25, 0.3) is 0 Å². The summed E-state index contributed by atoms with van der Waals surface area (Å²) in [6.45, 7) is 0. The van der Waals surface area contributed by atoms with E-state index in [-0.39, 0.29) is 0 Å². The summed E-state index contributed by atoms with van der Waals surface area (Å²) in [5.74, 6) is 1.55. The van der Waals surface area contributed by atoms with Crippen LogP contribution in [0.5, 0.6) is 0 Å². The molecule has 0 bridgehead atoms. The summed E-state index contributed by atoms with van der Waals surface area (Å²) in [6.07, 6.45) is -0.518. The van der Waals surface area contributed by atoms with Gasteiger partial charge in [0.05, 0.1) is 0 Å². The molecule has 272 valence electrons. The zero-order valence-corrected chi connectivity index (χ0v) is 32.0. The van der Waals surface area contributed by atoms with Crippen LogP contribution in [0.4, 0.5) is 0 Å². The van der Waals surface area contributed by atoms with Crippen molar-refractivity contribution in [2.45, 2.75) is 6.17 Å². The molecule has 1 atom stereocenters. The van der Waals surface area contributed by atoms with Crippen LogP contribution in [-0.4, -0.2) is 11.7 Å². The highest BCUT2D eigenvalue weighted by Crippen LogP contribution is 2.46. The lowest BCUT2D eigenvalue weighted by Gasteiger charge is -2.23. The maximum atomic E-state index is 6.91. The fourth-order valence-electron chi connectivity index (χ4n) is 8.78. The van der Waals surface area contributed by atoms with Gasteiger partial charge in [0.2, 0.25) is 0 Å². The molecule has 1 N–H and O–H groups in total. The maximum Gasteiger partial charge on any atom is 0.170 e. The molecule has 5 heteroatoms. The highest BCUT2D eigenvalue weighted by Gasteiger charge is 2.25. The molecule has 0 fully saturated rings. The van der Waals surface area contributed by atoms with E-state index in [0.717, 1.165) is 66.8 Å². The molecule has 4 nitrogen and oxygen atoms in total. The Hall–Kier alpha value is -7.34. The predicted molar refractivity (Wildman–Crippen MR) is 244 cm³/mol. The topological polar surface area (TPSA) is 49.9 Å². The molecular formula is C53H33N3OS. The number of nitrogens with zero attached hydrogens (tertiary/aromatic N) is 2. The number of aliphatic imine (C=N–C) groups is 2. The van der Waals surface area contributed by atoms with Crippen LogP contribution in [0, 0.1) is 0 Å². The normalized spacial score (nSPS) is 14.4. The van der Waals surface area contributed by atoms with Crippen LogP contribution in [0.1, 0.15) is 22.9 Å². The highest BCUT2D eigenvalue weighted by molar-refractivity contribution is 7.26. The Morgan fingerprint density at radius 1 is 0.431 bits per heavy atom. The maximum absolute atomic E-state index is 6.91. The first kappa shape index (κ1) is 32.9. The third-order valence-electron chi connectivity index (χ3n) is 11.5. The van der Waals surface area contributed by atoms with Gasteiger partial charge in [0, 0.05) is 53.2 Å². The Morgan fingerprint density at radius 3 is 1.95 bits per heavy atom. The summed E-state index contributed by atoms with van der Waals surface area (Å²) in [4.78, 5) is 10.7. The van der Waals surface area contributed by atoms with Gasteiger partial charge in [-0.3, -0.25) is 0 Å². The quantitative estimate of drug-likeness (QED) is 0.190. The predicted octanol–water partition coefficient (Wildman–Crippen LogP) is 14.1. The van der Waals surface area contributed by atoms with Crippen molar-refractivity contribution >= 4 is 86.7 Å². The molecule has 1 aliphatic rings. The summed E-state index contributed by atoms with van der Waals surface area (Å²) in [6, 6.07) is 66.7. The Morgan fingerprint density at radius 2 is 1.09 bits per heavy atom. The van der Waals surface area contributed by atoms with Gasteiger partial charge in [-0.25, -0.2) is 9.98 Å². The molecule has 11 aromatic rings. The Kier molecular flexibility index (Phi) is 7.43. The van der Waals surface area contributed by atoms with E-state index in [0.29, 0.717) is 0 Å². The molecule has 0 saturated heterocycles. The molecule has 0 saturated carbocycles. The van der Waals surface area contributed by atoms with E-state index in [1.807, 2.05) is 17.4 Å². The van der Waals surface area contributed by atoms with Crippen molar-refractivity contribution in [2.75, 3.05) is 0 Å². The zero-order chi connectivity index (χ0) is 38.2. The standard InChI is InChI=1S/C53H33N3OS/c1-2-12-32(13-3-1)34-24-27-35(28-25-34)51-54-52(37-29-26-33-14-4-5-15-36(33)30-37)56-53(55-51)43-21-11-22-45-48(43)42-20-10-19-40(50(42)57-45)44-31-47-49(39-17-7-6-16-38(39)44)41-18-8-9-23-46(41)58-47/h1-31,53H,(H,54,55,56). The van der Waals surface area contributed by atoms with Crippen molar-refractivity contribution in [3.63, 3.8) is 0 Å². The second kappa shape index (κ2) is 13.1. The zero-order valence-electron chi connectivity index (χ0n) is 31.2. The Balaban J connectivity index is 1.04. The fourth-order valence-corrected chi connectivity index (χ4v) is 9.95. The lowest BCUT2D eigenvalue weighted by atomic mass is 9.93. The molecule has 3 heterocycles. The largest absolute Gasteiger partial charge is 0.455 e. The molecule has 1 unspecified atom stereocenters. The van der Waals surface area contributed by atoms with Gasteiger partial charge in [0.1, 0.15) is 22.8 Å². The molecule has 58 heavy (non-hydrogen) atoms. The lowest BCUT2D eigenvalue weighted by molar-refractivity contribution is 0.668. The van der Waals surface area contributed by atoms with Gasteiger partial charge in [0.15, 0.2) is 6.17 Å². The second-order valence-electron chi connectivity index (χ2n) is 14.9. The van der Waals surface area contributed by atoms with E-state index in [4.69, 9.17) is 14.4 Å². The third kappa shape index (κ3) is 5.28. The summed E-state index contributed by atoms with van der Waals surface area (Å²) in [7, 11) is 0. The van der Waals surface area contributed by atoms with Gasteiger partial charge in [-0.1, -0.05) is 164 Å². The van der Waals surface area contributed by atoms with Crippen LogP contribution < -0.4 is 5.32 Å². The first-order chi connectivity index (χ1) is 28.7. The van der Waals surface area contributed by atoms with Crippen molar-refractivity contribution in [1.29, 1.82) is 0 Å². The van der Waals surface area contributed by atoms with Crippen LogP contribution in [0.25, 0.3) is 85.9 Å². The number of furan rings is 1. The van der Waals surface area contributed by atoms with Gasteiger partial charge in [-0.15, -0.1) is 11.3 Å². The molecular weight excluding hydrogens is 727 g/mol. The number of thiophene rings is 1. The van der Waals surface area contributed by atoms with E-state index in [1.165, 1.54) is 47.5 Å². The van der Waals surface area contributed by atoms with Crippen LogP contribution in [0.3, 0.4) is 0 Å². The summed E-state index contributed by atoms with van der Waals surface area (Å²) in [5.41, 5.74) is 9.25. The molecule has 0 aliphatic carbocycles. The summed E-state index contributed by atoms with van der Waals surface area (Å²) in [5, 5.41) is 13.1. The number of fused-ring (bicyclic) bond motifs is 9. The van der Waals surface area contributed by atoms with Crippen LogP contribution in [-0.2, 0) is 0 Å². The van der Waals surface area contributed by atoms with Gasteiger partial charge >= 0.3 is 0 Å². The van der Waals surface area contributed by atoms with Crippen molar-refractivity contribution in [3.8, 4) is 22.3 Å². The first-order valence-corrected chi connectivity index (χ1v) is 20.4. The molecule has 9 aromatic carbocycles. The van der Waals surface area contributed by atoms with Crippen molar-refractivity contribution in [2.24, 2.45) is 9.98 Å². The van der Waals surface area contributed by atoms with Crippen LogP contribution in [0.2, 0.25) is 0 Å². The van der Waals surface area contributed by atoms with Crippen LogP contribution in [0.15, 0.2) is 202 Å². The average molecular weight is 760 g/mol. The van der Waals surface area contributed by atoms with Crippen molar-refractivity contribution < 1.29 is 4.42 Å². The minimum Gasteiger partial charge on any atom is -0.455 e. The highest BCUT2D eigenvalue weighted by atomic mass is 32.1. The van der Waals surface area contributed by atoms with E-state index in [1.54, 1.807) is 0 Å². The molecule has 2 aromatic heterocycles. The number of rotatable bonds is 5. The summed E-state index contributed by atoms with van der Waals surface area (Å²) >= 11 is 1.85. The van der Waals surface area contributed by atoms with Gasteiger partial charge in [-0.05, 0) is 62.5 Å². The number of hydrogen-bond acceptors (Lipinski definition) is 5. The van der Waals surface area contributed by atoms with E-state index in [9.17, 15) is 0 Å². The Labute approximate surface area is 338 Å². The number of nitrogens with one attached hydrogen (secondary N) is 1. The third-order valence-corrected chi connectivity index (χ3v) is 12.7. The number of hydrogen-bond donors (Lipinski definition) is 1. The van der Waals surface area contributed by atoms with Gasteiger partial charge < -0.3 is 9.73 Å². The van der Waals surface area contributed by atoms with Crippen molar-refractivity contribution in [3.05, 3.63) is 205 Å². The van der Waals surface area contributed by atoms with E-state index in [2.05, 4.69) is 187 Å². The number of amidine groups is 2. The minimum atomic E-state index is -0.518. The number of para-hydroxylation sites is 1.